The van der Waals surface area contributed by atoms with Crippen molar-refractivity contribution in [1.29, 1.82) is 0 Å². The first kappa shape index (κ1) is 18.7. The molecule has 1 atom stereocenters. The topological polar surface area (TPSA) is 66.5 Å². The molecule has 5 nitrogen and oxygen atoms in total. The molecule has 0 aromatic heterocycles. The highest BCUT2D eigenvalue weighted by atomic mass is 32.2. The standard InChI is InChI=1S/C18H26N2O3S2/c1-25(22,23)18(8-10-19-11-9-18)17(21)20-12-7-15(13-20)14-24-16-5-3-2-4-6-16/h2-6,15,19H,7-14H2,1H3. The Morgan fingerprint density at radius 1 is 1.28 bits per heavy atom. The first-order valence-electron chi connectivity index (χ1n) is 8.80. The van der Waals surface area contributed by atoms with Crippen LogP contribution < -0.4 is 5.32 Å². The van der Waals surface area contributed by atoms with Gasteiger partial charge in [0.2, 0.25) is 5.91 Å². The van der Waals surface area contributed by atoms with Crippen molar-refractivity contribution in [2.75, 3.05) is 38.2 Å². The molecule has 1 N–H and O–H groups in total. The SMILES string of the molecule is CS(=O)(=O)C1(C(=O)N2CCC(CSc3ccccc3)C2)CCNCC1. The predicted molar refractivity (Wildman–Crippen MR) is 102 cm³/mol. The van der Waals surface area contributed by atoms with Crippen LogP contribution in [0.3, 0.4) is 0 Å². The van der Waals surface area contributed by atoms with Crippen LogP contribution in [0.4, 0.5) is 0 Å². The summed E-state index contributed by atoms with van der Waals surface area (Å²) in [5.74, 6) is 1.21. The highest BCUT2D eigenvalue weighted by molar-refractivity contribution is 7.99. The van der Waals surface area contributed by atoms with Gasteiger partial charge in [0.05, 0.1) is 0 Å². The monoisotopic (exact) mass is 382 g/mol. The Kier molecular flexibility index (Phi) is 5.75. The molecule has 1 unspecified atom stereocenters. The zero-order valence-electron chi connectivity index (χ0n) is 14.6. The minimum atomic E-state index is -3.43. The fraction of sp³-hybridized carbons (Fsp3) is 0.611. The Labute approximate surface area is 154 Å². The van der Waals surface area contributed by atoms with Crippen molar-refractivity contribution in [1.82, 2.24) is 10.2 Å². The molecule has 0 saturated carbocycles. The second-order valence-electron chi connectivity index (χ2n) is 7.05. The molecule has 3 rings (SSSR count). The van der Waals surface area contributed by atoms with E-state index in [-0.39, 0.29) is 5.91 Å². The van der Waals surface area contributed by atoms with Crippen LogP contribution in [0.25, 0.3) is 0 Å². The number of sulfone groups is 1. The first-order chi connectivity index (χ1) is 11.9. The Bertz CT molecular complexity index is 700. The van der Waals surface area contributed by atoms with Crippen LogP contribution in [0.2, 0.25) is 0 Å². The van der Waals surface area contributed by atoms with E-state index in [9.17, 15) is 13.2 Å². The Morgan fingerprint density at radius 3 is 2.60 bits per heavy atom. The summed E-state index contributed by atoms with van der Waals surface area (Å²) >= 11 is 1.81. The molecule has 7 heteroatoms. The van der Waals surface area contributed by atoms with Crippen LogP contribution in [-0.2, 0) is 14.6 Å². The molecule has 0 radical (unpaired) electrons. The van der Waals surface area contributed by atoms with Gasteiger partial charge < -0.3 is 10.2 Å². The fourth-order valence-corrected chi connectivity index (χ4v) is 6.19. The lowest BCUT2D eigenvalue weighted by atomic mass is 9.95. The van der Waals surface area contributed by atoms with Crippen molar-refractivity contribution < 1.29 is 13.2 Å². The molecular formula is C18H26N2O3S2. The molecule has 2 saturated heterocycles. The van der Waals surface area contributed by atoms with E-state index in [0.29, 0.717) is 44.9 Å². The summed E-state index contributed by atoms with van der Waals surface area (Å²) in [7, 11) is -3.43. The van der Waals surface area contributed by atoms with Gasteiger partial charge in [-0.05, 0) is 50.4 Å². The summed E-state index contributed by atoms with van der Waals surface area (Å²) in [6.07, 6.45) is 2.92. The van der Waals surface area contributed by atoms with Gasteiger partial charge in [-0.15, -0.1) is 11.8 Å². The second kappa shape index (κ2) is 7.68. The minimum absolute atomic E-state index is 0.177. The number of benzene rings is 1. The van der Waals surface area contributed by atoms with Gasteiger partial charge in [0.25, 0.3) is 0 Å². The Balaban J connectivity index is 1.63. The van der Waals surface area contributed by atoms with Crippen molar-refractivity contribution in [3.05, 3.63) is 30.3 Å². The zero-order valence-corrected chi connectivity index (χ0v) is 16.2. The summed E-state index contributed by atoms with van der Waals surface area (Å²) in [6, 6.07) is 10.2. The molecular weight excluding hydrogens is 356 g/mol. The van der Waals surface area contributed by atoms with Crippen LogP contribution in [0.5, 0.6) is 0 Å². The third-order valence-electron chi connectivity index (χ3n) is 5.31. The average Bonchev–Trinajstić information content (AvgIpc) is 3.09. The number of carbonyl (C=O) groups is 1. The van der Waals surface area contributed by atoms with Gasteiger partial charge in [-0.3, -0.25) is 4.79 Å². The fourth-order valence-electron chi connectivity index (χ4n) is 3.75. The maximum Gasteiger partial charge on any atom is 0.244 e. The third kappa shape index (κ3) is 4.04. The lowest BCUT2D eigenvalue weighted by Gasteiger charge is -2.37. The van der Waals surface area contributed by atoms with E-state index in [1.54, 1.807) is 16.7 Å². The van der Waals surface area contributed by atoms with Gasteiger partial charge in [0, 0.05) is 30.0 Å². The van der Waals surface area contributed by atoms with Crippen molar-refractivity contribution in [2.24, 2.45) is 5.92 Å². The van der Waals surface area contributed by atoms with Crippen LogP contribution in [0.1, 0.15) is 19.3 Å². The quantitative estimate of drug-likeness (QED) is 0.787. The van der Waals surface area contributed by atoms with Gasteiger partial charge in [-0.1, -0.05) is 18.2 Å². The summed E-state index contributed by atoms with van der Waals surface area (Å²) in [6.45, 7) is 2.51. The minimum Gasteiger partial charge on any atom is -0.341 e. The lowest BCUT2D eigenvalue weighted by molar-refractivity contribution is -0.133. The molecule has 0 aliphatic carbocycles. The Hall–Kier alpha value is -1.05. The van der Waals surface area contributed by atoms with Gasteiger partial charge in [0.15, 0.2) is 14.6 Å². The van der Waals surface area contributed by atoms with Gasteiger partial charge in [0.1, 0.15) is 0 Å². The Morgan fingerprint density at radius 2 is 1.96 bits per heavy atom. The predicted octanol–water partition coefficient (Wildman–Crippen LogP) is 1.79. The van der Waals surface area contributed by atoms with E-state index in [2.05, 4.69) is 17.4 Å². The molecule has 2 fully saturated rings. The van der Waals surface area contributed by atoms with Gasteiger partial charge >= 0.3 is 0 Å². The van der Waals surface area contributed by atoms with Crippen LogP contribution in [-0.4, -0.2) is 62.2 Å². The van der Waals surface area contributed by atoms with E-state index in [1.165, 1.54) is 11.2 Å². The molecule has 1 aromatic carbocycles. The van der Waals surface area contributed by atoms with Crippen molar-refractivity contribution in [3.63, 3.8) is 0 Å². The number of likely N-dealkylation sites (tertiary alicyclic amines) is 1. The number of hydrogen-bond donors (Lipinski definition) is 1. The van der Waals surface area contributed by atoms with Crippen LogP contribution in [0.15, 0.2) is 35.2 Å². The van der Waals surface area contributed by atoms with E-state index in [0.717, 1.165) is 12.2 Å². The maximum absolute atomic E-state index is 13.1. The van der Waals surface area contributed by atoms with E-state index >= 15 is 0 Å². The molecule has 0 spiro atoms. The average molecular weight is 383 g/mol. The maximum atomic E-state index is 13.1. The number of nitrogens with one attached hydrogen (secondary N) is 1. The third-order valence-corrected chi connectivity index (χ3v) is 8.56. The summed E-state index contributed by atoms with van der Waals surface area (Å²) in [5, 5.41) is 3.17. The lowest BCUT2D eigenvalue weighted by Crippen LogP contribution is -2.57. The molecule has 2 aliphatic heterocycles. The van der Waals surface area contributed by atoms with E-state index < -0.39 is 14.6 Å². The number of thioether (sulfide) groups is 1. The van der Waals surface area contributed by atoms with Crippen LogP contribution in [0, 0.1) is 5.92 Å². The van der Waals surface area contributed by atoms with Crippen molar-refractivity contribution >= 4 is 27.5 Å². The number of amides is 1. The van der Waals surface area contributed by atoms with E-state index in [1.807, 2.05) is 18.2 Å². The largest absolute Gasteiger partial charge is 0.341 e. The first-order valence-corrected chi connectivity index (χ1v) is 11.7. The molecule has 1 aromatic rings. The summed E-state index contributed by atoms with van der Waals surface area (Å²) < 4.78 is 23.6. The van der Waals surface area contributed by atoms with Crippen molar-refractivity contribution in [3.8, 4) is 0 Å². The smallest absolute Gasteiger partial charge is 0.244 e. The number of rotatable bonds is 5. The summed E-state index contributed by atoms with van der Waals surface area (Å²) in [4.78, 5) is 16.1. The van der Waals surface area contributed by atoms with Crippen molar-refractivity contribution in [2.45, 2.75) is 28.9 Å². The molecule has 2 aliphatic rings. The molecule has 2 heterocycles. The zero-order chi connectivity index (χ0) is 17.9. The molecule has 0 bridgehead atoms. The normalized spacial score (nSPS) is 23.6. The second-order valence-corrected chi connectivity index (χ2v) is 10.5. The number of carbonyl (C=O) groups excluding carboxylic acids is 1. The van der Waals surface area contributed by atoms with Gasteiger partial charge in [-0.2, -0.15) is 0 Å². The number of nitrogens with zero attached hydrogens (tertiary/aromatic N) is 1. The van der Waals surface area contributed by atoms with E-state index in [4.69, 9.17) is 0 Å². The molecule has 25 heavy (non-hydrogen) atoms. The summed E-state index contributed by atoms with van der Waals surface area (Å²) in [5.41, 5.74) is 0. The number of piperidine rings is 1. The number of hydrogen-bond acceptors (Lipinski definition) is 5. The van der Waals surface area contributed by atoms with Gasteiger partial charge in [-0.25, -0.2) is 8.42 Å². The molecule has 138 valence electrons. The highest BCUT2D eigenvalue weighted by Crippen LogP contribution is 2.33. The van der Waals surface area contributed by atoms with Crippen LogP contribution >= 0.6 is 11.8 Å². The molecule has 1 amide bonds. The highest BCUT2D eigenvalue weighted by Gasteiger charge is 2.51.